The van der Waals surface area contributed by atoms with Gasteiger partial charge in [-0.15, -0.1) is 0 Å². The smallest absolute Gasteiger partial charge is 0.332 e. The number of nitrogens with one attached hydrogen (secondary N) is 1. The van der Waals surface area contributed by atoms with Gasteiger partial charge in [0, 0.05) is 33.2 Å². The third kappa shape index (κ3) is 3.48. The highest BCUT2D eigenvalue weighted by Gasteiger charge is 2.25. The summed E-state index contributed by atoms with van der Waals surface area (Å²) in [5.41, 5.74) is -0.992. The van der Waals surface area contributed by atoms with Crippen LogP contribution in [0.2, 0.25) is 0 Å². The minimum atomic E-state index is -0.552. The average Bonchev–Trinajstić information content (AvgIpc) is 2.93. The molecule has 1 N–H and O–H groups in total. The van der Waals surface area contributed by atoms with Crippen LogP contribution in [0.5, 0.6) is 0 Å². The van der Waals surface area contributed by atoms with E-state index in [4.69, 9.17) is 0 Å². The van der Waals surface area contributed by atoms with Crippen molar-refractivity contribution in [1.82, 2.24) is 14.0 Å². The van der Waals surface area contributed by atoms with E-state index in [1.165, 1.54) is 11.6 Å². The Hall–Kier alpha value is -2.07. The minimum absolute atomic E-state index is 0.0111. The Balaban J connectivity index is 2.23. The fourth-order valence-corrected chi connectivity index (χ4v) is 3.20. The first-order valence-electron chi connectivity index (χ1n) is 8.04. The molecule has 7 heteroatoms. The van der Waals surface area contributed by atoms with E-state index in [2.05, 4.69) is 24.1 Å². The van der Waals surface area contributed by atoms with Crippen LogP contribution in [0.4, 0.5) is 5.82 Å². The molecule has 2 heterocycles. The zero-order valence-electron chi connectivity index (χ0n) is 14.3. The van der Waals surface area contributed by atoms with E-state index in [1.54, 1.807) is 7.05 Å². The number of hydrogen-bond acceptors (Lipinski definition) is 5. The van der Waals surface area contributed by atoms with Crippen molar-refractivity contribution in [3.8, 4) is 6.07 Å². The van der Waals surface area contributed by atoms with Crippen molar-refractivity contribution in [3.63, 3.8) is 0 Å². The van der Waals surface area contributed by atoms with E-state index in [1.807, 2.05) is 6.07 Å². The molecule has 126 valence electrons. The van der Waals surface area contributed by atoms with Gasteiger partial charge in [-0.25, -0.2) is 4.79 Å². The van der Waals surface area contributed by atoms with E-state index in [-0.39, 0.29) is 5.56 Å². The molecule has 1 aliphatic heterocycles. The molecule has 1 fully saturated rings. The molecule has 0 saturated carbocycles. The number of likely N-dealkylation sites (tertiary alicyclic amines) is 1. The number of aromatic nitrogens is 2. The molecular weight excluding hydrogens is 294 g/mol. The molecule has 7 nitrogen and oxygen atoms in total. The zero-order chi connectivity index (χ0) is 17.1. The first-order valence-corrected chi connectivity index (χ1v) is 8.04. The van der Waals surface area contributed by atoms with Gasteiger partial charge >= 0.3 is 5.69 Å². The lowest BCUT2D eigenvalue weighted by atomic mass is 10.1. The quantitative estimate of drug-likeness (QED) is 0.854. The molecule has 0 aromatic carbocycles. The van der Waals surface area contributed by atoms with Gasteiger partial charge in [0.05, 0.1) is 0 Å². The number of nitrogens with zero attached hydrogens (tertiary/aromatic N) is 4. The molecule has 0 aliphatic carbocycles. The van der Waals surface area contributed by atoms with Crippen LogP contribution >= 0.6 is 0 Å². The standard InChI is InChI=1S/C16H25N5O2/c1-11(2)10-21-7-5-6-12(21)9-18-14-13(8-17)15(22)20(4)16(23)19(14)3/h11-12,18H,5-7,9-10H2,1-4H3/t12-/m1/s1. The highest BCUT2D eigenvalue weighted by molar-refractivity contribution is 5.51. The lowest BCUT2D eigenvalue weighted by Crippen LogP contribution is -2.42. The van der Waals surface area contributed by atoms with Gasteiger partial charge < -0.3 is 5.32 Å². The maximum absolute atomic E-state index is 12.1. The molecular formula is C16H25N5O2. The van der Waals surface area contributed by atoms with Crippen LogP contribution in [-0.2, 0) is 14.1 Å². The van der Waals surface area contributed by atoms with Crippen LogP contribution in [-0.4, -0.2) is 39.7 Å². The highest BCUT2D eigenvalue weighted by Crippen LogP contribution is 2.19. The summed E-state index contributed by atoms with van der Waals surface area (Å²) in [6.07, 6.45) is 2.24. The minimum Gasteiger partial charge on any atom is -0.369 e. The molecule has 1 aromatic heterocycles. The molecule has 1 saturated heterocycles. The Morgan fingerprint density at radius 1 is 1.30 bits per heavy atom. The Morgan fingerprint density at radius 3 is 2.61 bits per heavy atom. The molecule has 0 unspecified atom stereocenters. The third-order valence-electron chi connectivity index (χ3n) is 4.38. The van der Waals surface area contributed by atoms with Crippen LogP contribution < -0.4 is 16.6 Å². The summed E-state index contributed by atoms with van der Waals surface area (Å²) in [7, 11) is 2.96. The maximum Gasteiger partial charge on any atom is 0.332 e. The van der Waals surface area contributed by atoms with Crippen LogP contribution in [0.1, 0.15) is 32.3 Å². The Morgan fingerprint density at radius 2 is 2.00 bits per heavy atom. The fraction of sp³-hybridized carbons (Fsp3) is 0.688. The Kier molecular flexibility index (Phi) is 5.26. The second-order valence-corrected chi connectivity index (χ2v) is 6.61. The second-order valence-electron chi connectivity index (χ2n) is 6.61. The molecule has 1 atom stereocenters. The van der Waals surface area contributed by atoms with Crippen LogP contribution in [0.25, 0.3) is 0 Å². The lowest BCUT2D eigenvalue weighted by Gasteiger charge is -2.27. The molecule has 1 aliphatic rings. The van der Waals surface area contributed by atoms with Crippen molar-refractivity contribution in [2.24, 2.45) is 20.0 Å². The summed E-state index contributed by atoms with van der Waals surface area (Å²) >= 11 is 0. The van der Waals surface area contributed by atoms with Crippen molar-refractivity contribution in [2.75, 3.05) is 25.0 Å². The van der Waals surface area contributed by atoms with Gasteiger partial charge in [-0.2, -0.15) is 5.26 Å². The van der Waals surface area contributed by atoms with Gasteiger partial charge in [-0.1, -0.05) is 13.8 Å². The van der Waals surface area contributed by atoms with Crippen LogP contribution in [0, 0.1) is 17.2 Å². The number of hydrogen-bond donors (Lipinski definition) is 1. The summed E-state index contributed by atoms with van der Waals surface area (Å²) in [5, 5.41) is 12.4. The second kappa shape index (κ2) is 7.01. The first kappa shape index (κ1) is 17.3. The van der Waals surface area contributed by atoms with Gasteiger partial charge in [-0.3, -0.25) is 18.8 Å². The van der Waals surface area contributed by atoms with Crippen LogP contribution in [0.15, 0.2) is 9.59 Å². The van der Waals surface area contributed by atoms with E-state index >= 15 is 0 Å². The Bertz CT molecular complexity index is 726. The van der Waals surface area contributed by atoms with Crippen molar-refractivity contribution in [1.29, 1.82) is 5.26 Å². The Labute approximate surface area is 136 Å². The molecule has 2 rings (SSSR count). The molecule has 0 bridgehead atoms. The molecule has 0 amide bonds. The van der Waals surface area contributed by atoms with E-state index < -0.39 is 11.2 Å². The van der Waals surface area contributed by atoms with E-state index in [0.29, 0.717) is 24.3 Å². The van der Waals surface area contributed by atoms with E-state index in [9.17, 15) is 14.9 Å². The van der Waals surface area contributed by atoms with Crippen molar-refractivity contribution in [3.05, 3.63) is 26.4 Å². The van der Waals surface area contributed by atoms with Gasteiger partial charge in [-0.05, 0) is 25.3 Å². The van der Waals surface area contributed by atoms with Crippen molar-refractivity contribution >= 4 is 5.82 Å². The SMILES string of the molecule is CC(C)CN1CCC[C@@H]1CNc1c(C#N)c(=O)n(C)c(=O)n1C. The van der Waals surface area contributed by atoms with Crippen LogP contribution in [0.3, 0.4) is 0 Å². The largest absolute Gasteiger partial charge is 0.369 e. The summed E-state index contributed by atoms with van der Waals surface area (Å²) in [4.78, 5) is 26.6. The highest BCUT2D eigenvalue weighted by atomic mass is 16.2. The average molecular weight is 319 g/mol. The molecule has 0 radical (unpaired) electrons. The first-order chi connectivity index (χ1) is 10.9. The molecule has 23 heavy (non-hydrogen) atoms. The fourth-order valence-electron chi connectivity index (χ4n) is 3.20. The monoisotopic (exact) mass is 319 g/mol. The van der Waals surface area contributed by atoms with Gasteiger partial charge in [0.2, 0.25) is 0 Å². The number of anilines is 1. The summed E-state index contributed by atoms with van der Waals surface area (Å²) < 4.78 is 2.30. The predicted molar refractivity (Wildman–Crippen MR) is 89.6 cm³/mol. The maximum atomic E-state index is 12.1. The lowest BCUT2D eigenvalue weighted by molar-refractivity contribution is 0.234. The van der Waals surface area contributed by atoms with Crippen molar-refractivity contribution in [2.45, 2.75) is 32.7 Å². The molecule has 0 spiro atoms. The predicted octanol–water partition coefficient (Wildman–Crippen LogP) is 0.488. The van der Waals surface area contributed by atoms with Gasteiger partial charge in [0.25, 0.3) is 5.56 Å². The number of nitriles is 1. The van der Waals surface area contributed by atoms with E-state index in [0.717, 1.165) is 30.5 Å². The topological polar surface area (TPSA) is 83.1 Å². The van der Waals surface area contributed by atoms with Gasteiger partial charge in [0.15, 0.2) is 5.56 Å². The molecule has 1 aromatic rings. The summed E-state index contributed by atoms with van der Waals surface area (Å²) in [6.45, 7) is 7.13. The number of rotatable bonds is 5. The van der Waals surface area contributed by atoms with Crippen molar-refractivity contribution < 1.29 is 0 Å². The van der Waals surface area contributed by atoms with Gasteiger partial charge in [0.1, 0.15) is 11.9 Å². The normalized spacial score (nSPS) is 18.3. The zero-order valence-corrected chi connectivity index (χ0v) is 14.3. The summed E-state index contributed by atoms with van der Waals surface area (Å²) in [5.74, 6) is 0.913. The summed E-state index contributed by atoms with van der Waals surface area (Å²) in [6, 6.07) is 2.29. The third-order valence-corrected chi connectivity index (χ3v) is 4.38.